The standard InChI is InChI=1S/C18H21N3O3/c1-12-4-9-16(13(2)10-12)19-11-17(22)20-21-18(23)14-5-7-15(24-3)8-6-14/h4-10,19H,11H2,1-3H3,(H,20,22)(H,21,23). The molecule has 0 aromatic heterocycles. The molecule has 0 aliphatic carbocycles. The summed E-state index contributed by atoms with van der Waals surface area (Å²) in [5, 5.41) is 3.04. The molecule has 2 aromatic carbocycles. The zero-order valence-corrected chi connectivity index (χ0v) is 14.0. The summed E-state index contributed by atoms with van der Waals surface area (Å²) < 4.78 is 5.03. The number of anilines is 1. The van der Waals surface area contributed by atoms with Crippen molar-refractivity contribution in [3.8, 4) is 5.75 Å². The van der Waals surface area contributed by atoms with E-state index in [-0.39, 0.29) is 12.5 Å². The van der Waals surface area contributed by atoms with Gasteiger partial charge in [-0.25, -0.2) is 0 Å². The quantitative estimate of drug-likeness (QED) is 0.736. The predicted octanol–water partition coefficient (Wildman–Crippen LogP) is 2.19. The summed E-state index contributed by atoms with van der Waals surface area (Å²) in [4.78, 5) is 23.8. The van der Waals surface area contributed by atoms with Crippen molar-refractivity contribution >= 4 is 17.5 Å². The highest BCUT2D eigenvalue weighted by molar-refractivity contribution is 5.95. The fraction of sp³-hybridized carbons (Fsp3) is 0.222. The lowest BCUT2D eigenvalue weighted by atomic mass is 10.1. The number of rotatable bonds is 5. The molecule has 2 aromatic rings. The van der Waals surface area contributed by atoms with Crippen molar-refractivity contribution in [1.29, 1.82) is 0 Å². The van der Waals surface area contributed by atoms with E-state index in [0.717, 1.165) is 16.8 Å². The van der Waals surface area contributed by atoms with Gasteiger partial charge in [0.1, 0.15) is 5.75 Å². The van der Waals surface area contributed by atoms with E-state index in [1.807, 2.05) is 32.0 Å². The Morgan fingerprint density at radius 2 is 1.71 bits per heavy atom. The van der Waals surface area contributed by atoms with Crippen molar-refractivity contribution in [2.75, 3.05) is 19.0 Å². The molecule has 6 heteroatoms. The molecule has 2 rings (SSSR count). The molecule has 0 bridgehead atoms. The van der Waals surface area contributed by atoms with E-state index >= 15 is 0 Å². The van der Waals surface area contributed by atoms with Gasteiger partial charge in [0.05, 0.1) is 13.7 Å². The molecular weight excluding hydrogens is 306 g/mol. The minimum atomic E-state index is -0.391. The molecule has 0 saturated heterocycles. The topological polar surface area (TPSA) is 79.5 Å². The van der Waals surface area contributed by atoms with Crippen molar-refractivity contribution in [3.63, 3.8) is 0 Å². The molecule has 0 heterocycles. The third kappa shape index (κ3) is 4.74. The average molecular weight is 327 g/mol. The van der Waals surface area contributed by atoms with Gasteiger partial charge >= 0.3 is 0 Å². The number of hydrogen-bond donors (Lipinski definition) is 3. The van der Waals surface area contributed by atoms with Crippen molar-refractivity contribution < 1.29 is 14.3 Å². The van der Waals surface area contributed by atoms with Crippen LogP contribution < -0.4 is 20.9 Å². The van der Waals surface area contributed by atoms with E-state index in [1.54, 1.807) is 31.4 Å². The van der Waals surface area contributed by atoms with Crippen molar-refractivity contribution in [2.24, 2.45) is 0 Å². The summed E-state index contributed by atoms with van der Waals surface area (Å²) in [7, 11) is 1.55. The molecule has 126 valence electrons. The van der Waals surface area contributed by atoms with E-state index in [4.69, 9.17) is 4.74 Å². The van der Waals surface area contributed by atoms with Crippen LogP contribution in [0.15, 0.2) is 42.5 Å². The highest BCUT2D eigenvalue weighted by Crippen LogP contribution is 2.15. The zero-order valence-electron chi connectivity index (χ0n) is 14.0. The summed E-state index contributed by atoms with van der Waals surface area (Å²) in [5.74, 6) is -0.0670. The van der Waals surface area contributed by atoms with Crippen molar-refractivity contribution in [1.82, 2.24) is 10.9 Å². The smallest absolute Gasteiger partial charge is 0.269 e. The van der Waals surface area contributed by atoms with Gasteiger partial charge < -0.3 is 10.1 Å². The fourth-order valence-electron chi connectivity index (χ4n) is 2.17. The van der Waals surface area contributed by atoms with Gasteiger partial charge in [0.15, 0.2) is 0 Å². The van der Waals surface area contributed by atoms with E-state index in [2.05, 4.69) is 16.2 Å². The minimum absolute atomic E-state index is 0.0623. The van der Waals surface area contributed by atoms with E-state index in [1.165, 1.54) is 0 Å². The lowest BCUT2D eigenvalue weighted by Gasteiger charge is -2.11. The normalized spacial score (nSPS) is 9.96. The molecule has 0 aliphatic heterocycles. The second-order valence-corrected chi connectivity index (χ2v) is 5.40. The van der Waals surface area contributed by atoms with Crippen molar-refractivity contribution in [3.05, 3.63) is 59.2 Å². The maximum absolute atomic E-state index is 11.9. The first-order valence-electron chi connectivity index (χ1n) is 7.54. The van der Waals surface area contributed by atoms with E-state index in [0.29, 0.717) is 11.3 Å². The maximum Gasteiger partial charge on any atom is 0.269 e. The number of carbonyl (C=O) groups is 2. The number of methoxy groups -OCH3 is 1. The second kappa shape index (κ2) is 8.01. The van der Waals surface area contributed by atoms with Gasteiger partial charge in [0, 0.05) is 11.3 Å². The Labute approximate surface area is 141 Å². The number of hydrazine groups is 1. The molecule has 6 nitrogen and oxygen atoms in total. The van der Waals surface area contributed by atoms with Gasteiger partial charge in [-0.3, -0.25) is 20.4 Å². The molecule has 0 unspecified atom stereocenters. The van der Waals surface area contributed by atoms with Crippen LogP contribution >= 0.6 is 0 Å². The summed E-state index contributed by atoms with van der Waals surface area (Å²) in [6.07, 6.45) is 0. The monoisotopic (exact) mass is 327 g/mol. The molecule has 0 fully saturated rings. The lowest BCUT2D eigenvalue weighted by Crippen LogP contribution is -2.44. The average Bonchev–Trinajstić information content (AvgIpc) is 2.59. The predicted molar refractivity (Wildman–Crippen MR) is 93.0 cm³/mol. The van der Waals surface area contributed by atoms with Crippen LogP contribution in [0.1, 0.15) is 21.5 Å². The Morgan fingerprint density at radius 3 is 2.33 bits per heavy atom. The Kier molecular flexibility index (Phi) is 5.78. The lowest BCUT2D eigenvalue weighted by molar-refractivity contribution is -0.120. The van der Waals surface area contributed by atoms with E-state index in [9.17, 15) is 9.59 Å². The zero-order chi connectivity index (χ0) is 17.5. The Hall–Kier alpha value is -3.02. The van der Waals surface area contributed by atoms with Gasteiger partial charge in [-0.15, -0.1) is 0 Å². The molecular formula is C18H21N3O3. The number of hydrogen-bond acceptors (Lipinski definition) is 4. The number of benzene rings is 2. The van der Waals surface area contributed by atoms with E-state index < -0.39 is 5.91 Å². The summed E-state index contributed by atoms with van der Waals surface area (Å²) >= 11 is 0. The van der Waals surface area contributed by atoms with Crippen LogP contribution in [0.25, 0.3) is 0 Å². The van der Waals surface area contributed by atoms with Crippen LogP contribution in [0.3, 0.4) is 0 Å². The van der Waals surface area contributed by atoms with Crippen LogP contribution in [-0.4, -0.2) is 25.5 Å². The number of aryl methyl sites for hydroxylation is 2. The van der Waals surface area contributed by atoms with Crippen LogP contribution in [0, 0.1) is 13.8 Å². The summed E-state index contributed by atoms with van der Waals surface area (Å²) in [6, 6.07) is 12.5. The molecule has 0 aliphatic rings. The Morgan fingerprint density at radius 1 is 1.00 bits per heavy atom. The van der Waals surface area contributed by atoms with Gasteiger partial charge in [0.25, 0.3) is 11.8 Å². The highest BCUT2D eigenvalue weighted by atomic mass is 16.5. The first-order valence-corrected chi connectivity index (χ1v) is 7.54. The largest absolute Gasteiger partial charge is 0.497 e. The summed E-state index contributed by atoms with van der Waals surface area (Å²) in [6.45, 7) is 4.05. The molecule has 0 atom stereocenters. The molecule has 2 amide bonds. The van der Waals surface area contributed by atoms with Crippen molar-refractivity contribution in [2.45, 2.75) is 13.8 Å². The van der Waals surface area contributed by atoms with Crippen LogP contribution in [0.2, 0.25) is 0 Å². The van der Waals surface area contributed by atoms with Crippen LogP contribution in [0.4, 0.5) is 5.69 Å². The van der Waals surface area contributed by atoms with Gasteiger partial charge in [0.2, 0.25) is 0 Å². The first-order chi connectivity index (χ1) is 11.5. The highest BCUT2D eigenvalue weighted by Gasteiger charge is 2.08. The van der Waals surface area contributed by atoms with Gasteiger partial charge in [-0.1, -0.05) is 17.7 Å². The van der Waals surface area contributed by atoms with Gasteiger partial charge in [-0.05, 0) is 49.7 Å². The number of carbonyl (C=O) groups excluding carboxylic acids is 2. The minimum Gasteiger partial charge on any atom is -0.497 e. The molecule has 0 spiro atoms. The van der Waals surface area contributed by atoms with Gasteiger partial charge in [-0.2, -0.15) is 0 Å². The number of amides is 2. The maximum atomic E-state index is 11.9. The first kappa shape index (κ1) is 17.3. The molecule has 0 saturated carbocycles. The third-order valence-corrected chi connectivity index (χ3v) is 3.49. The number of nitrogens with one attached hydrogen (secondary N) is 3. The third-order valence-electron chi connectivity index (χ3n) is 3.49. The second-order valence-electron chi connectivity index (χ2n) is 5.40. The Bertz CT molecular complexity index is 727. The fourth-order valence-corrected chi connectivity index (χ4v) is 2.17. The molecule has 3 N–H and O–H groups in total. The number of ether oxygens (including phenoxy) is 1. The summed E-state index contributed by atoms with van der Waals surface area (Å²) in [5.41, 5.74) is 8.29. The molecule has 24 heavy (non-hydrogen) atoms. The van der Waals surface area contributed by atoms with Crippen LogP contribution in [0.5, 0.6) is 5.75 Å². The molecule has 0 radical (unpaired) electrons. The van der Waals surface area contributed by atoms with Crippen LogP contribution in [-0.2, 0) is 4.79 Å². The Balaban J connectivity index is 1.80. The SMILES string of the molecule is COc1ccc(C(=O)NNC(=O)CNc2ccc(C)cc2C)cc1.